The lowest BCUT2D eigenvalue weighted by Gasteiger charge is -2.09. The summed E-state index contributed by atoms with van der Waals surface area (Å²) >= 11 is 0. The average Bonchev–Trinajstić information content (AvgIpc) is 2.24. The van der Waals surface area contributed by atoms with Crippen molar-refractivity contribution >= 4 is 0 Å². The third-order valence-corrected chi connectivity index (χ3v) is 2.12. The van der Waals surface area contributed by atoms with Gasteiger partial charge in [-0.3, -0.25) is 0 Å². The SMILES string of the molecule is CCCCCCC(C#COCC)OCC. The van der Waals surface area contributed by atoms with Crippen molar-refractivity contribution in [2.75, 3.05) is 13.2 Å². The zero-order valence-electron chi connectivity index (χ0n) is 10.3. The summed E-state index contributed by atoms with van der Waals surface area (Å²) in [6.45, 7) is 7.52. The summed E-state index contributed by atoms with van der Waals surface area (Å²) in [4.78, 5) is 0. The van der Waals surface area contributed by atoms with Crippen LogP contribution in [0.4, 0.5) is 0 Å². The Morgan fingerprint density at radius 1 is 1.00 bits per heavy atom. The molecule has 0 aliphatic heterocycles. The standard InChI is InChI=1S/C13H24O2/c1-4-7-8-9-10-13(15-6-3)11-12-14-5-2/h13H,4-10H2,1-3H3. The Morgan fingerprint density at radius 3 is 2.40 bits per heavy atom. The second-order valence-corrected chi connectivity index (χ2v) is 3.47. The Morgan fingerprint density at radius 2 is 1.80 bits per heavy atom. The molecule has 1 atom stereocenters. The van der Waals surface area contributed by atoms with Gasteiger partial charge in [-0.15, -0.1) is 0 Å². The third kappa shape index (κ3) is 9.62. The van der Waals surface area contributed by atoms with Gasteiger partial charge in [0, 0.05) is 6.61 Å². The summed E-state index contributed by atoms with van der Waals surface area (Å²) in [5, 5.41) is 0. The molecule has 0 heterocycles. The van der Waals surface area contributed by atoms with Crippen LogP contribution in [0.3, 0.4) is 0 Å². The number of hydrogen-bond donors (Lipinski definition) is 0. The van der Waals surface area contributed by atoms with Crippen molar-refractivity contribution in [3.05, 3.63) is 0 Å². The molecule has 0 saturated carbocycles. The maximum atomic E-state index is 5.52. The fourth-order valence-electron chi connectivity index (χ4n) is 1.33. The molecule has 0 aliphatic carbocycles. The van der Waals surface area contributed by atoms with Crippen LogP contribution in [0.1, 0.15) is 52.9 Å². The van der Waals surface area contributed by atoms with E-state index in [-0.39, 0.29) is 6.10 Å². The lowest BCUT2D eigenvalue weighted by Crippen LogP contribution is -2.10. The Kier molecular flexibility index (Phi) is 10.9. The summed E-state index contributed by atoms with van der Waals surface area (Å²) in [5.41, 5.74) is 0. The third-order valence-electron chi connectivity index (χ3n) is 2.12. The van der Waals surface area contributed by atoms with Crippen LogP contribution < -0.4 is 0 Å². The fraction of sp³-hybridized carbons (Fsp3) is 0.846. The minimum Gasteiger partial charge on any atom is -0.447 e. The molecule has 0 aromatic rings. The van der Waals surface area contributed by atoms with Crippen LogP contribution in [0, 0.1) is 12.0 Å². The molecule has 2 heteroatoms. The number of hydrogen-bond acceptors (Lipinski definition) is 2. The van der Waals surface area contributed by atoms with E-state index < -0.39 is 0 Å². The van der Waals surface area contributed by atoms with E-state index in [1.165, 1.54) is 25.7 Å². The first-order valence-corrected chi connectivity index (χ1v) is 6.09. The van der Waals surface area contributed by atoms with Crippen molar-refractivity contribution in [1.82, 2.24) is 0 Å². The van der Waals surface area contributed by atoms with Gasteiger partial charge < -0.3 is 9.47 Å². The zero-order valence-corrected chi connectivity index (χ0v) is 10.3. The van der Waals surface area contributed by atoms with Crippen LogP contribution in [0.25, 0.3) is 0 Å². The molecule has 1 unspecified atom stereocenters. The largest absolute Gasteiger partial charge is 0.447 e. The molecule has 0 bridgehead atoms. The molecular formula is C13H24O2. The van der Waals surface area contributed by atoms with E-state index in [1.807, 2.05) is 13.8 Å². The topological polar surface area (TPSA) is 18.5 Å². The van der Waals surface area contributed by atoms with Gasteiger partial charge in [-0.1, -0.05) is 26.2 Å². The van der Waals surface area contributed by atoms with Gasteiger partial charge in [0.1, 0.15) is 12.2 Å². The van der Waals surface area contributed by atoms with Gasteiger partial charge in [0.2, 0.25) is 0 Å². The molecule has 2 nitrogen and oxygen atoms in total. The van der Waals surface area contributed by atoms with Crippen molar-refractivity contribution in [2.45, 2.75) is 59.0 Å². The number of unbranched alkanes of at least 4 members (excludes halogenated alkanes) is 3. The highest BCUT2D eigenvalue weighted by Crippen LogP contribution is 2.07. The van der Waals surface area contributed by atoms with Crippen molar-refractivity contribution in [3.63, 3.8) is 0 Å². The molecule has 0 fully saturated rings. The van der Waals surface area contributed by atoms with Gasteiger partial charge in [-0.25, -0.2) is 0 Å². The first kappa shape index (κ1) is 14.3. The van der Waals surface area contributed by atoms with Gasteiger partial charge in [-0.2, -0.15) is 0 Å². The summed E-state index contributed by atoms with van der Waals surface area (Å²) in [6.07, 6.45) is 8.80. The molecule has 0 radical (unpaired) electrons. The Labute approximate surface area is 94.3 Å². The second kappa shape index (κ2) is 11.4. The maximum absolute atomic E-state index is 5.52. The Balaban J connectivity index is 3.68. The minimum absolute atomic E-state index is 0.0541. The number of ether oxygens (including phenoxy) is 2. The van der Waals surface area contributed by atoms with Crippen molar-refractivity contribution < 1.29 is 9.47 Å². The van der Waals surface area contributed by atoms with E-state index in [0.29, 0.717) is 6.61 Å². The zero-order chi connectivity index (χ0) is 11.4. The van der Waals surface area contributed by atoms with E-state index in [0.717, 1.165) is 13.0 Å². The van der Waals surface area contributed by atoms with Gasteiger partial charge >= 0.3 is 0 Å². The van der Waals surface area contributed by atoms with Crippen LogP contribution in [-0.2, 0) is 9.47 Å². The van der Waals surface area contributed by atoms with E-state index in [2.05, 4.69) is 19.0 Å². The highest BCUT2D eigenvalue weighted by molar-refractivity contribution is 4.99. The molecule has 0 N–H and O–H groups in total. The average molecular weight is 212 g/mol. The summed E-state index contributed by atoms with van der Waals surface area (Å²) in [6, 6.07) is 0. The molecular weight excluding hydrogens is 188 g/mol. The molecule has 0 aliphatic rings. The van der Waals surface area contributed by atoms with Gasteiger partial charge in [0.15, 0.2) is 0 Å². The lowest BCUT2D eigenvalue weighted by atomic mass is 10.1. The van der Waals surface area contributed by atoms with E-state index in [9.17, 15) is 0 Å². The van der Waals surface area contributed by atoms with Crippen LogP contribution in [-0.4, -0.2) is 19.3 Å². The predicted molar refractivity (Wildman–Crippen MR) is 63.6 cm³/mol. The lowest BCUT2D eigenvalue weighted by molar-refractivity contribution is 0.0939. The normalized spacial score (nSPS) is 11.7. The quantitative estimate of drug-likeness (QED) is 0.454. The molecule has 0 saturated heterocycles. The van der Waals surface area contributed by atoms with E-state index >= 15 is 0 Å². The molecule has 0 aromatic heterocycles. The molecule has 88 valence electrons. The summed E-state index contributed by atoms with van der Waals surface area (Å²) in [5.74, 6) is 3.00. The molecule has 15 heavy (non-hydrogen) atoms. The Hall–Kier alpha value is -0.680. The fourth-order valence-corrected chi connectivity index (χ4v) is 1.33. The molecule has 0 spiro atoms. The highest BCUT2D eigenvalue weighted by atomic mass is 16.5. The smallest absolute Gasteiger partial charge is 0.121 e. The van der Waals surface area contributed by atoms with Crippen LogP contribution in [0.2, 0.25) is 0 Å². The Bertz CT molecular complexity index is 179. The maximum Gasteiger partial charge on any atom is 0.121 e. The molecule has 0 amide bonds. The van der Waals surface area contributed by atoms with E-state index in [4.69, 9.17) is 9.47 Å². The molecule has 0 rings (SSSR count). The minimum atomic E-state index is 0.0541. The van der Waals surface area contributed by atoms with Gasteiger partial charge in [-0.05, 0) is 32.6 Å². The van der Waals surface area contributed by atoms with E-state index in [1.54, 1.807) is 0 Å². The van der Waals surface area contributed by atoms with Crippen LogP contribution >= 0.6 is 0 Å². The highest BCUT2D eigenvalue weighted by Gasteiger charge is 2.03. The van der Waals surface area contributed by atoms with Crippen LogP contribution in [0.15, 0.2) is 0 Å². The van der Waals surface area contributed by atoms with Crippen molar-refractivity contribution in [1.29, 1.82) is 0 Å². The van der Waals surface area contributed by atoms with Crippen LogP contribution in [0.5, 0.6) is 0 Å². The second-order valence-electron chi connectivity index (χ2n) is 3.47. The first-order valence-electron chi connectivity index (χ1n) is 6.09. The monoisotopic (exact) mass is 212 g/mol. The van der Waals surface area contributed by atoms with Gasteiger partial charge in [0.25, 0.3) is 0 Å². The van der Waals surface area contributed by atoms with Crippen molar-refractivity contribution in [2.24, 2.45) is 0 Å². The number of rotatable bonds is 8. The molecule has 0 aromatic carbocycles. The summed E-state index contributed by atoms with van der Waals surface area (Å²) < 4.78 is 10.5. The summed E-state index contributed by atoms with van der Waals surface area (Å²) in [7, 11) is 0. The van der Waals surface area contributed by atoms with Crippen molar-refractivity contribution in [3.8, 4) is 12.0 Å². The predicted octanol–water partition coefficient (Wildman–Crippen LogP) is 3.36. The van der Waals surface area contributed by atoms with Gasteiger partial charge in [0.05, 0.1) is 6.61 Å². The first-order chi connectivity index (χ1) is 7.35.